The minimum atomic E-state index is -0.339. The molecule has 0 saturated heterocycles. The molecule has 0 aliphatic heterocycles. The monoisotopic (exact) mass is 388 g/mol. The summed E-state index contributed by atoms with van der Waals surface area (Å²) in [6, 6.07) is 17.9. The molecule has 2 amide bonds. The maximum absolute atomic E-state index is 12.0. The SMILES string of the molecule is Cc1cccc(NC(=O)COc2ccc(/C=N\NC(=O)c3cccnc3)cc2)c1. The van der Waals surface area contributed by atoms with Crippen molar-refractivity contribution in [2.75, 3.05) is 11.9 Å². The van der Waals surface area contributed by atoms with Crippen LogP contribution in [0.3, 0.4) is 0 Å². The Morgan fingerprint density at radius 2 is 1.93 bits per heavy atom. The van der Waals surface area contributed by atoms with E-state index in [0.717, 1.165) is 16.8 Å². The van der Waals surface area contributed by atoms with Gasteiger partial charge < -0.3 is 10.1 Å². The second kappa shape index (κ2) is 9.80. The first-order valence-corrected chi connectivity index (χ1v) is 8.93. The minimum absolute atomic E-state index is 0.0947. The number of amides is 2. The maximum atomic E-state index is 12.0. The van der Waals surface area contributed by atoms with Crippen molar-refractivity contribution in [2.24, 2.45) is 5.10 Å². The molecule has 7 heteroatoms. The van der Waals surface area contributed by atoms with Crippen LogP contribution in [0.15, 0.2) is 78.2 Å². The summed E-state index contributed by atoms with van der Waals surface area (Å²) in [5.41, 5.74) is 5.44. The van der Waals surface area contributed by atoms with Gasteiger partial charge in [-0.15, -0.1) is 0 Å². The fourth-order valence-electron chi connectivity index (χ4n) is 2.45. The summed E-state index contributed by atoms with van der Waals surface area (Å²) in [4.78, 5) is 27.7. The quantitative estimate of drug-likeness (QED) is 0.480. The zero-order chi connectivity index (χ0) is 20.5. The van der Waals surface area contributed by atoms with Crippen molar-refractivity contribution in [3.05, 3.63) is 89.7 Å². The zero-order valence-electron chi connectivity index (χ0n) is 15.8. The molecule has 0 atom stereocenters. The number of nitrogens with zero attached hydrogens (tertiary/aromatic N) is 2. The molecule has 146 valence electrons. The lowest BCUT2D eigenvalue weighted by molar-refractivity contribution is -0.118. The first-order chi connectivity index (χ1) is 14.1. The lowest BCUT2D eigenvalue weighted by atomic mass is 10.2. The first kappa shape index (κ1) is 19.8. The van der Waals surface area contributed by atoms with Crippen molar-refractivity contribution < 1.29 is 14.3 Å². The fraction of sp³-hybridized carbons (Fsp3) is 0.0909. The number of aromatic nitrogens is 1. The number of hydrazone groups is 1. The van der Waals surface area contributed by atoms with Gasteiger partial charge in [0.05, 0.1) is 11.8 Å². The molecular formula is C22H20N4O3. The molecule has 0 unspecified atom stereocenters. The third-order valence-electron chi connectivity index (χ3n) is 3.86. The van der Waals surface area contributed by atoms with Gasteiger partial charge in [-0.25, -0.2) is 5.43 Å². The number of nitrogens with one attached hydrogen (secondary N) is 2. The summed E-state index contributed by atoms with van der Waals surface area (Å²) in [6.07, 6.45) is 4.57. The number of carbonyl (C=O) groups is 2. The Hall–Kier alpha value is -4.00. The fourth-order valence-corrected chi connectivity index (χ4v) is 2.45. The zero-order valence-corrected chi connectivity index (χ0v) is 15.8. The number of hydrogen-bond acceptors (Lipinski definition) is 5. The van der Waals surface area contributed by atoms with Crippen molar-refractivity contribution >= 4 is 23.7 Å². The Bertz CT molecular complexity index is 1000. The molecular weight excluding hydrogens is 368 g/mol. The minimum Gasteiger partial charge on any atom is -0.484 e. The van der Waals surface area contributed by atoms with Gasteiger partial charge >= 0.3 is 0 Å². The van der Waals surface area contributed by atoms with Gasteiger partial charge in [-0.3, -0.25) is 14.6 Å². The predicted molar refractivity (Wildman–Crippen MR) is 111 cm³/mol. The van der Waals surface area contributed by atoms with Crippen LogP contribution in [0.25, 0.3) is 0 Å². The molecule has 0 aliphatic rings. The van der Waals surface area contributed by atoms with Gasteiger partial charge in [0.25, 0.3) is 11.8 Å². The van der Waals surface area contributed by atoms with Gasteiger partial charge in [0.2, 0.25) is 0 Å². The predicted octanol–water partition coefficient (Wildman–Crippen LogP) is 3.17. The Balaban J connectivity index is 1.46. The van der Waals surface area contributed by atoms with E-state index in [4.69, 9.17) is 4.74 Å². The first-order valence-electron chi connectivity index (χ1n) is 8.93. The molecule has 0 fully saturated rings. The standard InChI is InChI=1S/C22H20N4O3/c1-16-4-2-6-19(12-16)25-21(27)15-29-20-9-7-17(8-10-20)13-24-26-22(28)18-5-3-11-23-14-18/h2-14H,15H2,1H3,(H,25,27)(H,26,28)/b24-13-. The molecule has 1 aromatic heterocycles. The van der Waals surface area contributed by atoms with E-state index in [9.17, 15) is 9.59 Å². The highest BCUT2D eigenvalue weighted by atomic mass is 16.5. The second-order valence-electron chi connectivity index (χ2n) is 6.22. The van der Waals surface area contributed by atoms with Crippen LogP contribution in [0.1, 0.15) is 21.5 Å². The van der Waals surface area contributed by atoms with E-state index < -0.39 is 0 Å². The number of ether oxygens (including phenoxy) is 1. The number of benzene rings is 2. The Labute approximate surface area is 168 Å². The maximum Gasteiger partial charge on any atom is 0.272 e. The third kappa shape index (κ3) is 6.28. The van der Waals surface area contributed by atoms with Crippen molar-refractivity contribution in [1.29, 1.82) is 0 Å². The highest BCUT2D eigenvalue weighted by molar-refractivity contribution is 5.94. The van der Waals surface area contributed by atoms with Crippen LogP contribution in [-0.2, 0) is 4.79 Å². The van der Waals surface area contributed by atoms with E-state index >= 15 is 0 Å². The van der Waals surface area contributed by atoms with Crippen LogP contribution in [0, 0.1) is 6.92 Å². The normalized spacial score (nSPS) is 10.5. The molecule has 0 saturated carbocycles. The molecule has 1 heterocycles. The van der Waals surface area contributed by atoms with E-state index in [0.29, 0.717) is 11.3 Å². The highest BCUT2D eigenvalue weighted by Crippen LogP contribution is 2.12. The number of pyridine rings is 1. The summed E-state index contributed by atoms with van der Waals surface area (Å²) in [5, 5.41) is 6.71. The average Bonchev–Trinajstić information content (AvgIpc) is 2.74. The molecule has 3 aromatic rings. The number of anilines is 1. The molecule has 2 aromatic carbocycles. The van der Waals surface area contributed by atoms with Gasteiger partial charge in [-0.2, -0.15) is 5.10 Å². The summed E-state index contributed by atoms with van der Waals surface area (Å²) >= 11 is 0. The van der Waals surface area contributed by atoms with E-state index in [1.807, 2.05) is 31.2 Å². The number of rotatable bonds is 7. The Morgan fingerprint density at radius 1 is 1.10 bits per heavy atom. The van der Waals surface area contributed by atoms with Crippen molar-refractivity contribution in [2.45, 2.75) is 6.92 Å². The molecule has 2 N–H and O–H groups in total. The summed E-state index contributed by atoms with van der Waals surface area (Å²) < 4.78 is 5.49. The second-order valence-corrected chi connectivity index (χ2v) is 6.22. The molecule has 3 rings (SSSR count). The Morgan fingerprint density at radius 3 is 2.66 bits per heavy atom. The van der Waals surface area contributed by atoms with Crippen molar-refractivity contribution in [3.8, 4) is 5.75 Å². The van der Waals surface area contributed by atoms with Gasteiger partial charge in [0.15, 0.2) is 6.61 Å². The van der Waals surface area contributed by atoms with Crippen LogP contribution < -0.4 is 15.5 Å². The summed E-state index contributed by atoms with van der Waals surface area (Å²) in [7, 11) is 0. The van der Waals surface area contributed by atoms with E-state index in [-0.39, 0.29) is 18.4 Å². The highest BCUT2D eigenvalue weighted by Gasteiger charge is 2.05. The van der Waals surface area contributed by atoms with Crippen LogP contribution in [0.4, 0.5) is 5.69 Å². The Kier molecular flexibility index (Phi) is 6.67. The van der Waals surface area contributed by atoms with Crippen LogP contribution in [0.2, 0.25) is 0 Å². The molecule has 0 aliphatic carbocycles. The van der Waals surface area contributed by atoms with Crippen molar-refractivity contribution in [3.63, 3.8) is 0 Å². The molecule has 0 radical (unpaired) electrons. The van der Waals surface area contributed by atoms with Gasteiger partial charge in [0.1, 0.15) is 5.75 Å². The number of carbonyl (C=O) groups excluding carboxylic acids is 2. The molecule has 0 bridgehead atoms. The van der Waals surface area contributed by atoms with E-state index in [1.54, 1.807) is 42.6 Å². The summed E-state index contributed by atoms with van der Waals surface area (Å²) in [6.45, 7) is 1.86. The van der Waals surface area contributed by atoms with E-state index in [1.165, 1.54) is 12.4 Å². The van der Waals surface area contributed by atoms with Crippen LogP contribution in [-0.4, -0.2) is 29.6 Å². The lowest BCUT2D eigenvalue weighted by Gasteiger charge is -2.08. The lowest BCUT2D eigenvalue weighted by Crippen LogP contribution is -2.20. The smallest absolute Gasteiger partial charge is 0.272 e. The van der Waals surface area contributed by atoms with Gasteiger partial charge in [-0.1, -0.05) is 12.1 Å². The molecule has 29 heavy (non-hydrogen) atoms. The van der Waals surface area contributed by atoms with Gasteiger partial charge in [-0.05, 0) is 66.6 Å². The number of hydrogen-bond donors (Lipinski definition) is 2. The largest absolute Gasteiger partial charge is 0.484 e. The van der Waals surface area contributed by atoms with Crippen LogP contribution in [0.5, 0.6) is 5.75 Å². The summed E-state index contributed by atoms with van der Waals surface area (Å²) in [5.74, 6) is -0.0192. The third-order valence-corrected chi connectivity index (χ3v) is 3.86. The average molecular weight is 388 g/mol. The topological polar surface area (TPSA) is 92.7 Å². The van der Waals surface area contributed by atoms with Crippen LogP contribution >= 0.6 is 0 Å². The van der Waals surface area contributed by atoms with E-state index in [2.05, 4.69) is 20.8 Å². The molecule has 0 spiro atoms. The number of aryl methyl sites for hydroxylation is 1. The van der Waals surface area contributed by atoms with Gasteiger partial charge in [0, 0.05) is 18.1 Å². The van der Waals surface area contributed by atoms with Crippen molar-refractivity contribution in [1.82, 2.24) is 10.4 Å². The molecule has 7 nitrogen and oxygen atoms in total.